The summed E-state index contributed by atoms with van der Waals surface area (Å²) in [6.07, 6.45) is 0.604. The van der Waals surface area contributed by atoms with Gasteiger partial charge in [0.2, 0.25) is 0 Å². The third-order valence-electron chi connectivity index (χ3n) is 2.79. The predicted molar refractivity (Wildman–Crippen MR) is 72.6 cm³/mol. The fraction of sp³-hybridized carbons (Fsp3) is 0.429. The van der Waals surface area contributed by atoms with E-state index in [2.05, 4.69) is 5.32 Å². The molecular weight excluding hydrogens is 263 g/mol. The van der Waals surface area contributed by atoms with Crippen molar-refractivity contribution in [3.8, 4) is 0 Å². The molecule has 1 aromatic carbocycles. The number of halogens is 1. The van der Waals surface area contributed by atoms with Crippen LogP contribution < -0.4 is 11.1 Å². The van der Waals surface area contributed by atoms with Crippen molar-refractivity contribution < 1.29 is 18.7 Å². The molecule has 5 nitrogen and oxygen atoms in total. The molecule has 3 N–H and O–H groups in total. The average Bonchev–Trinajstić information content (AvgIpc) is 2.38. The van der Waals surface area contributed by atoms with E-state index in [-0.39, 0.29) is 30.7 Å². The van der Waals surface area contributed by atoms with Gasteiger partial charge in [-0.3, -0.25) is 4.79 Å². The van der Waals surface area contributed by atoms with Crippen LogP contribution >= 0.6 is 0 Å². The van der Waals surface area contributed by atoms with Crippen molar-refractivity contribution in [2.75, 3.05) is 13.2 Å². The number of urea groups is 1. The number of primary amides is 1. The van der Waals surface area contributed by atoms with Crippen LogP contribution in [0.4, 0.5) is 9.18 Å². The lowest BCUT2D eigenvalue weighted by Crippen LogP contribution is -2.30. The molecule has 2 amide bonds. The van der Waals surface area contributed by atoms with Crippen molar-refractivity contribution in [3.63, 3.8) is 0 Å². The average molecular weight is 282 g/mol. The number of amides is 2. The van der Waals surface area contributed by atoms with Gasteiger partial charge in [-0.25, -0.2) is 9.18 Å². The quantitative estimate of drug-likeness (QED) is 0.592. The highest BCUT2D eigenvalue weighted by Crippen LogP contribution is 2.22. The van der Waals surface area contributed by atoms with E-state index < -0.39 is 6.03 Å². The topological polar surface area (TPSA) is 81.4 Å². The maximum Gasteiger partial charge on any atom is 0.312 e. The summed E-state index contributed by atoms with van der Waals surface area (Å²) < 4.78 is 18.5. The Morgan fingerprint density at radius 1 is 1.40 bits per heavy atom. The standard InChI is InChI=1S/C14H19FN2O3/c1-10(11-5-2-3-6-12(11)15)9-13(18)20-8-4-7-17-14(16)19/h2-3,5-6,10H,4,7-9H2,1H3,(H3,16,17,19). The number of hydrogen-bond donors (Lipinski definition) is 2. The summed E-state index contributed by atoms with van der Waals surface area (Å²) in [6, 6.07) is 5.76. The van der Waals surface area contributed by atoms with Gasteiger partial charge in [-0.2, -0.15) is 0 Å². The lowest BCUT2D eigenvalue weighted by molar-refractivity contribution is -0.144. The first-order chi connectivity index (χ1) is 9.50. The molecule has 110 valence electrons. The van der Waals surface area contributed by atoms with Crippen LogP contribution in [0.15, 0.2) is 24.3 Å². The minimum Gasteiger partial charge on any atom is -0.466 e. The molecule has 1 aromatic rings. The van der Waals surface area contributed by atoms with Crippen LogP contribution in [-0.4, -0.2) is 25.2 Å². The molecule has 1 unspecified atom stereocenters. The third-order valence-corrected chi connectivity index (χ3v) is 2.79. The van der Waals surface area contributed by atoms with Crippen LogP contribution in [0.25, 0.3) is 0 Å². The van der Waals surface area contributed by atoms with Crippen molar-refractivity contribution in [1.82, 2.24) is 5.32 Å². The molecular formula is C14H19FN2O3. The second-order valence-corrected chi connectivity index (χ2v) is 4.49. The smallest absolute Gasteiger partial charge is 0.312 e. The van der Waals surface area contributed by atoms with Gasteiger partial charge >= 0.3 is 12.0 Å². The van der Waals surface area contributed by atoms with Crippen molar-refractivity contribution in [2.24, 2.45) is 5.73 Å². The molecule has 20 heavy (non-hydrogen) atoms. The summed E-state index contributed by atoms with van der Waals surface area (Å²) in [5, 5.41) is 2.39. The Kier molecular flexibility index (Phi) is 6.49. The Hall–Kier alpha value is -2.11. The highest BCUT2D eigenvalue weighted by Gasteiger charge is 2.15. The van der Waals surface area contributed by atoms with E-state index in [4.69, 9.17) is 10.5 Å². The molecule has 0 fully saturated rings. The predicted octanol–water partition coefficient (Wildman–Crippen LogP) is 1.92. The number of benzene rings is 1. The molecule has 0 heterocycles. The van der Waals surface area contributed by atoms with Crippen LogP contribution in [0.5, 0.6) is 0 Å². The molecule has 0 spiro atoms. The summed E-state index contributed by atoms with van der Waals surface area (Å²) >= 11 is 0. The van der Waals surface area contributed by atoms with Gasteiger partial charge in [0.15, 0.2) is 0 Å². The van der Waals surface area contributed by atoms with Crippen LogP contribution in [0.2, 0.25) is 0 Å². The number of nitrogens with one attached hydrogen (secondary N) is 1. The molecule has 1 atom stereocenters. The highest BCUT2D eigenvalue weighted by molar-refractivity contribution is 5.71. The maximum atomic E-state index is 13.5. The van der Waals surface area contributed by atoms with Crippen molar-refractivity contribution in [3.05, 3.63) is 35.6 Å². The van der Waals surface area contributed by atoms with E-state index in [0.29, 0.717) is 18.5 Å². The van der Waals surface area contributed by atoms with E-state index in [0.717, 1.165) is 0 Å². The van der Waals surface area contributed by atoms with Crippen LogP contribution in [-0.2, 0) is 9.53 Å². The zero-order valence-corrected chi connectivity index (χ0v) is 11.4. The number of carbonyl (C=O) groups is 2. The Morgan fingerprint density at radius 2 is 2.10 bits per heavy atom. The highest BCUT2D eigenvalue weighted by atomic mass is 19.1. The summed E-state index contributed by atoms with van der Waals surface area (Å²) in [4.78, 5) is 22.0. The number of esters is 1. The summed E-state index contributed by atoms with van der Waals surface area (Å²) in [5.74, 6) is -0.953. The monoisotopic (exact) mass is 282 g/mol. The summed E-state index contributed by atoms with van der Waals surface area (Å²) in [5.41, 5.74) is 5.39. The number of rotatable bonds is 7. The second kappa shape index (κ2) is 8.14. The van der Waals surface area contributed by atoms with E-state index in [1.54, 1.807) is 25.1 Å². The van der Waals surface area contributed by atoms with Crippen molar-refractivity contribution >= 4 is 12.0 Å². The Labute approximate surface area is 117 Å². The molecule has 0 aromatic heterocycles. The molecule has 0 saturated carbocycles. The minimum atomic E-state index is -0.607. The number of nitrogens with two attached hydrogens (primary N) is 1. The first kappa shape index (κ1) is 15.9. The van der Waals surface area contributed by atoms with E-state index in [9.17, 15) is 14.0 Å². The number of hydrogen-bond acceptors (Lipinski definition) is 3. The SMILES string of the molecule is CC(CC(=O)OCCCNC(N)=O)c1ccccc1F. The molecule has 0 radical (unpaired) electrons. The summed E-state index contributed by atoms with van der Waals surface area (Å²) in [6.45, 7) is 2.32. The Balaban J connectivity index is 2.28. The van der Waals surface area contributed by atoms with Gasteiger partial charge in [-0.15, -0.1) is 0 Å². The van der Waals surface area contributed by atoms with Crippen molar-refractivity contribution in [1.29, 1.82) is 0 Å². The lowest BCUT2D eigenvalue weighted by Gasteiger charge is -2.12. The normalized spacial score (nSPS) is 11.7. The van der Waals surface area contributed by atoms with E-state index in [1.807, 2.05) is 0 Å². The third kappa shape index (κ3) is 5.69. The van der Waals surface area contributed by atoms with Crippen LogP contribution in [0.1, 0.15) is 31.2 Å². The Bertz CT molecular complexity index is 465. The number of ether oxygens (including phenoxy) is 1. The fourth-order valence-corrected chi connectivity index (χ4v) is 1.76. The van der Waals surface area contributed by atoms with Gasteiger partial charge < -0.3 is 15.8 Å². The second-order valence-electron chi connectivity index (χ2n) is 4.49. The molecule has 0 saturated heterocycles. The maximum absolute atomic E-state index is 13.5. The lowest BCUT2D eigenvalue weighted by atomic mass is 9.97. The van der Waals surface area contributed by atoms with Gasteiger partial charge in [0.1, 0.15) is 5.82 Å². The first-order valence-electron chi connectivity index (χ1n) is 6.44. The first-order valence-corrected chi connectivity index (χ1v) is 6.44. The number of carbonyl (C=O) groups excluding carboxylic acids is 2. The van der Waals surface area contributed by atoms with Gasteiger partial charge in [0.05, 0.1) is 13.0 Å². The zero-order valence-electron chi connectivity index (χ0n) is 11.4. The van der Waals surface area contributed by atoms with E-state index >= 15 is 0 Å². The molecule has 0 bridgehead atoms. The molecule has 6 heteroatoms. The van der Waals surface area contributed by atoms with Crippen LogP contribution in [0, 0.1) is 5.82 Å². The summed E-state index contributed by atoms with van der Waals surface area (Å²) in [7, 11) is 0. The van der Waals surface area contributed by atoms with E-state index in [1.165, 1.54) is 6.07 Å². The van der Waals surface area contributed by atoms with Gasteiger partial charge in [-0.05, 0) is 24.0 Å². The molecule has 0 aliphatic heterocycles. The van der Waals surface area contributed by atoms with Gasteiger partial charge in [0, 0.05) is 6.54 Å². The zero-order chi connectivity index (χ0) is 15.0. The molecule has 0 aliphatic rings. The fourth-order valence-electron chi connectivity index (χ4n) is 1.76. The van der Waals surface area contributed by atoms with Crippen molar-refractivity contribution in [2.45, 2.75) is 25.7 Å². The molecule has 1 rings (SSSR count). The van der Waals surface area contributed by atoms with Gasteiger partial charge in [0.25, 0.3) is 0 Å². The molecule has 0 aliphatic carbocycles. The Morgan fingerprint density at radius 3 is 2.75 bits per heavy atom. The minimum absolute atomic E-state index is 0.115. The van der Waals surface area contributed by atoms with Crippen LogP contribution in [0.3, 0.4) is 0 Å². The van der Waals surface area contributed by atoms with Gasteiger partial charge in [-0.1, -0.05) is 25.1 Å². The largest absolute Gasteiger partial charge is 0.466 e.